The van der Waals surface area contributed by atoms with Crippen molar-refractivity contribution in [1.82, 2.24) is 14.9 Å². The molecule has 3 aliphatic rings. The Bertz CT molecular complexity index is 1280. The van der Waals surface area contributed by atoms with Crippen LogP contribution in [0.2, 0.25) is 0 Å². The second-order valence-electron chi connectivity index (χ2n) is 9.93. The van der Waals surface area contributed by atoms with Crippen LogP contribution in [0.25, 0.3) is 5.57 Å². The van der Waals surface area contributed by atoms with Crippen molar-refractivity contribution in [1.29, 1.82) is 0 Å². The fourth-order valence-electron chi connectivity index (χ4n) is 5.00. The first-order chi connectivity index (χ1) is 17.7. The Hall–Kier alpha value is -2.66. The molecule has 2 unspecified atom stereocenters. The number of benzene rings is 2. The summed E-state index contributed by atoms with van der Waals surface area (Å²) in [5.74, 6) is -1.65. The molecule has 0 bridgehead atoms. The van der Waals surface area contributed by atoms with Crippen molar-refractivity contribution < 1.29 is 26.7 Å². The zero-order valence-corrected chi connectivity index (χ0v) is 21.4. The highest BCUT2D eigenvalue weighted by Crippen LogP contribution is 2.40. The minimum absolute atomic E-state index is 0.0366. The maximum atomic E-state index is 14.6. The average Bonchev–Trinajstić information content (AvgIpc) is 3.66. The van der Waals surface area contributed by atoms with Gasteiger partial charge < -0.3 is 15.0 Å². The van der Waals surface area contributed by atoms with Gasteiger partial charge in [0.2, 0.25) is 15.9 Å². The summed E-state index contributed by atoms with van der Waals surface area (Å²) >= 11 is 0. The molecule has 4 atom stereocenters. The molecule has 10 heteroatoms. The third-order valence-corrected chi connectivity index (χ3v) is 9.22. The van der Waals surface area contributed by atoms with Crippen molar-refractivity contribution in [2.24, 2.45) is 5.92 Å². The summed E-state index contributed by atoms with van der Waals surface area (Å²) in [6.07, 6.45) is 2.71. The molecular weight excluding hydrogens is 500 g/mol. The molecule has 0 aromatic heterocycles. The van der Waals surface area contributed by atoms with Gasteiger partial charge >= 0.3 is 0 Å². The molecule has 1 aliphatic carbocycles. The molecule has 198 valence electrons. The molecular formula is C27H31F2N3O4S. The van der Waals surface area contributed by atoms with E-state index in [1.54, 1.807) is 17.9 Å². The summed E-state index contributed by atoms with van der Waals surface area (Å²) in [6.45, 7) is 3.13. The van der Waals surface area contributed by atoms with Crippen molar-refractivity contribution in [3.05, 3.63) is 77.4 Å². The van der Waals surface area contributed by atoms with Gasteiger partial charge in [-0.05, 0) is 55.0 Å². The molecule has 1 saturated heterocycles. The van der Waals surface area contributed by atoms with Crippen LogP contribution in [-0.4, -0.2) is 62.9 Å². The van der Waals surface area contributed by atoms with Gasteiger partial charge in [0.15, 0.2) is 0 Å². The van der Waals surface area contributed by atoms with Crippen LogP contribution in [0.1, 0.15) is 36.9 Å². The Kier molecular flexibility index (Phi) is 7.44. The number of carbonyl (C=O) groups excluding carboxylic acids is 1. The molecule has 5 rings (SSSR count). The van der Waals surface area contributed by atoms with Crippen LogP contribution in [0.3, 0.4) is 0 Å². The lowest BCUT2D eigenvalue weighted by atomic mass is 10.0. The fourth-order valence-corrected chi connectivity index (χ4v) is 6.44. The predicted octanol–water partition coefficient (Wildman–Crippen LogP) is 3.01. The number of nitrogens with one attached hydrogen (secondary N) is 2. The second kappa shape index (κ2) is 10.6. The first kappa shape index (κ1) is 26.0. The zero-order chi connectivity index (χ0) is 26.2. The maximum absolute atomic E-state index is 14.6. The Morgan fingerprint density at radius 2 is 1.92 bits per heavy atom. The molecule has 2 N–H and O–H groups in total. The standard InChI is InChI=1S/C27H31F2N3O4S/c1-17(25-15-30-11-12-36-25)37(34,35)31-26(19-7-8-19)27(33)32-16-20(22-14-21(28)9-10-23(22)29)13-24(32)18-5-3-2-4-6-18/h2-6,9-10,13-14,17,19,24-26,30-31H,7-8,11-12,15-16H2,1H3/t17?,24-,25?,26-/m0/s1. The van der Waals surface area contributed by atoms with E-state index in [1.165, 1.54) is 0 Å². The number of halogens is 2. The van der Waals surface area contributed by atoms with E-state index >= 15 is 0 Å². The van der Waals surface area contributed by atoms with E-state index in [9.17, 15) is 22.0 Å². The van der Waals surface area contributed by atoms with Crippen LogP contribution in [-0.2, 0) is 19.6 Å². The molecule has 2 heterocycles. The summed E-state index contributed by atoms with van der Waals surface area (Å²) in [7, 11) is -3.89. The zero-order valence-electron chi connectivity index (χ0n) is 20.6. The number of carbonyl (C=O) groups is 1. The third kappa shape index (κ3) is 5.62. The number of amides is 1. The van der Waals surface area contributed by atoms with E-state index < -0.39 is 45.1 Å². The number of ether oxygens (including phenoxy) is 1. The largest absolute Gasteiger partial charge is 0.374 e. The topological polar surface area (TPSA) is 87.7 Å². The van der Waals surface area contributed by atoms with Gasteiger partial charge in [0.05, 0.1) is 24.0 Å². The molecule has 2 aromatic carbocycles. The second-order valence-corrected chi connectivity index (χ2v) is 12.0. The van der Waals surface area contributed by atoms with Gasteiger partial charge in [-0.25, -0.2) is 21.9 Å². The van der Waals surface area contributed by atoms with E-state index in [0.717, 1.165) is 36.6 Å². The summed E-state index contributed by atoms with van der Waals surface area (Å²) in [5.41, 5.74) is 1.37. The van der Waals surface area contributed by atoms with Gasteiger partial charge in [-0.1, -0.05) is 36.4 Å². The van der Waals surface area contributed by atoms with Crippen LogP contribution >= 0.6 is 0 Å². The Morgan fingerprint density at radius 3 is 2.59 bits per heavy atom. The highest BCUT2D eigenvalue weighted by Gasteiger charge is 2.45. The molecule has 1 saturated carbocycles. The summed E-state index contributed by atoms with van der Waals surface area (Å²) in [6, 6.07) is 11.0. The van der Waals surface area contributed by atoms with E-state index in [0.29, 0.717) is 25.3 Å². The minimum Gasteiger partial charge on any atom is -0.374 e. The average molecular weight is 532 g/mol. The van der Waals surface area contributed by atoms with E-state index in [1.807, 2.05) is 30.3 Å². The monoisotopic (exact) mass is 531 g/mol. The molecule has 0 radical (unpaired) electrons. The SMILES string of the molecule is CC(C1CNCCO1)S(=O)(=O)N[C@H](C(=O)N1CC(c2cc(F)ccc2F)=C[C@H]1c1ccccc1)C1CC1. The van der Waals surface area contributed by atoms with Crippen LogP contribution in [0, 0.1) is 17.6 Å². The van der Waals surface area contributed by atoms with Gasteiger partial charge in [-0.3, -0.25) is 4.79 Å². The van der Waals surface area contributed by atoms with E-state index in [4.69, 9.17) is 4.74 Å². The third-order valence-electron chi connectivity index (χ3n) is 7.35. The van der Waals surface area contributed by atoms with Crippen molar-refractivity contribution in [3.8, 4) is 0 Å². The Balaban J connectivity index is 1.43. The number of hydrogen-bond donors (Lipinski definition) is 2. The molecule has 7 nitrogen and oxygen atoms in total. The quantitative estimate of drug-likeness (QED) is 0.547. The number of sulfonamides is 1. The lowest BCUT2D eigenvalue weighted by Gasteiger charge is -2.32. The first-order valence-corrected chi connectivity index (χ1v) is 14.1. The van der Waals surface area contributed by atoms with E-state index in [-0.39, 0.29) is 23.9 Å². The highest BCUT2D eigenvalue weighted by atomic mass is 32.2. The normalized spacial score (nSPS) is 24.0. The first-order valence-electron chi connectivity index (χ1n) is 12.6. The Morgan fingerprint density at radius 1 is 1.16 bits per heavy atom. The van der Waals surface area contributed by atoms with Crippen LogP contribution in [0.5, 0.6) is 0 Å². The molecule has 2 fully saturated rings. The molecule has 2 aromatic rings. The number of nitrogens with zero attached hydrogens (tertiary/aromatic N) is 1. The minimum atomic E-state index is -3.89. The molecule has 2 aliphatic heterocycles. The maximum Gasteiger partial charge on any atom is 0.242 e. The van der Waals surface area contributed by atoms with Crippen LogP contribution < -0.4 is 10.0 Å². The lowest BCUT2D eigenvalue weighted by molar-refractivity contribution is -0.134. The summed E-state index contributed by atoms with van der Waals surface area (Å²) < 4.78 is 63.6. The summed E-state index contributed by atoms with van der Waals surface area (Å²) in [4.78, 5) is 15.5. The molecule has 37 heavy (non-hydrogen) atoms. The van der Waals surface area contributed by atoms with Crippen molar-refractivity contribution in [2.75, 3.05) is 26.2 Å². The highest BCUT2D eigenvalue weighted by molar-refractivity contribution is 7.90. The molecule has 0 spiro atoms. The van der Waals surface area contributed by atoms with Gasteiger partial charge in [0, 0.05) is 25.2 Å². The van der Waals surface area contributed by atoms with Gasteiger partial charge in [0.1, 0.15) is 17.7 Å². The van der Waals surface area contributed by atoms with Crippen molar-refractivity contribution in [2.45, 2.75) is 43.2 Å². The van der Waals surface area contributed by atoms with Gasteiger partial charge in [-0.15, -0.1) is 0 Å². The van der Waals surface area contributed by atoms with E-state index in [2.05, 4.69) is 10.0 Å². The van der Waals surface area contributed by atoms with Gasteiger partial charge in [0.25, 0.3) is 0 Å². The van der Waals surface area contributed by atoms with Crippen LogP contribution in [0.15, 0.2) is 54.6 Å². The lowest BCUT2D eigenvalue weighted by Crippen LogP contribution is -2.55. The number of hydrogen-bond acceptors (Lipinski definition) is 5. The summed E-state index contributed by atoms with van der Waals surface area (Å²) in [5, 5.41) is 2.29. The number of rotatable bonds is 8. The predicted molar refractivity (Wildman–Crippen MR) is 136 cm³/mol. The van der Waals surface area contributed by atoms with Crippen LogP contribution in [0.4, 0.5) is 8.78 Å². The van der Waals surface area contributed by atoms with Crippen molar-refractivity contribution >= 4 is 21.5 Å². The van der Waals surface area contributed by atoms with Crippen molar-refractivity contribution in [3.63, 3.8) is 0 Å². The fraction of sp³-hybridized carbons (Fsp3) is 0.444. The number of morpholine rings is 1. The smallest absolute Gasteiger partial charge is 0.242 e. The van der Waals surface area contributed by atoms with Gasteiger partial charge in [-0.2, -0.15) is 0 Å². The molecule has 1 amide bonds. The Labute approximate surface area is 215 Å².